The average Bonchev–Trinajstić information content (AvgIpc) is 3.15. The van der Waals surface area contributed by atoms with Gasteiger partial charge in [-0.2, -0.15) is 0 Å². The quantitative estimate of drug-likeness (QED) is 0.218. The second-order valence-corrected chi connectivity index (χ2v) is 12.0. The molecule has 3 aromatic rings. The van der Waals surface area contributed by atoms with Crippen molar-refractivity contribution in [2.45, 2.75) is 38.0 Å². The maximum atomic E-state index is 12.5. The van der Waals surface area contributed by atoms with E-state index in [1.165, 1.54) is 49.5 Å². The number of amides is 1. The lowest BCUT2D eigenvalue weighted by molar-refractivity contribution is -0.162. The number of carboxylic acid groups (broad SMARTS) is 1. The van der Waals surface area contributed by atoms with Crippen molar-refractivity contribution in [1.82, 2.24) is 9.80 Å². The molecule has 0 unspecified atom stereocenters. The van der Waals surface area contributed by atoms with E-state index < -0.39 is 36.0 Å². The van der Waals surface area contributed by atoms with Gasteiger partial charge in [-0.1, -0.05) is 36.4 Å². The smallest absolute Gasteiger partial charge is 0.349 e. The number of esters is 3. The molecular formula is C38H43N3O11. The van der Waals surface area contributed by atoms with E-state index in [9.17, 15) is 29.1 Å². The predicted molar refractivity (Wildman–Crippen MR) is 188 cm³/mol. The first-order chi connectivity index (χ1) is 24.9. The summed E-state index contributed by atoms with van der Waals surface area (Å²) in [6.07, 6.45) is -2.35. The Labute approximate surface area is 301 Å². The zero-order valence-corrected chi connectivity index (χ0v) is 29.7. The van der Waals surface area contributed by atoms with Crippen molar-refractivity contribution in [2.75, 3.05) is 48.0 Å². The van der Waals surface area contributed by atoms with Crippen LogP contribution in [0.4, 0.5) is 0 Å². The standard InChI is InChI=1S/C20H19NO7.C18H24N2O4/c1-21(2)17(22)15(27-19(25)13-9-5-3-6-10-13)16(18(23)24)28-20(26)14-11-7-4-8-12-14;1-4-24-18(21)13-10-20-6-5-11-7-16(22-2)17(23-3)8-12(11)15(20)9-14(13)19/h3-12,15-16H,1-2H3,(H,23,24);7-8,15H,4-6,9-10,19H2,1-3H3/t15-,16-;15-/m00/s1. The summed E-state index contributed by atoms with van der Waals surface area (Å²) in [6.45, 7) is 3.57. The van der Waals surface area contributed by atoms with E-state index in [-0.39, 0.29) is 23.1 Å². The summed E-state index contributed by atoms with van der Waals surface area (Å²) in [5.41, 5.74) is 10.1. The fourth-order valence-corrected chi connectivity index (χ4v) is 5.81. The average molecular weight is 718 g/mol. The zero-order chi connectivity index (χ0) is 37.9. The van der Waals surface area contributed by atoms with Gasteiger partial charge in [0.1, 0.15) is 0 Å². The van der Waals surface area contributed by atoms with Gasteiger partial charge in [0.25, 0.3) is 5.91 Å². The number of benzene rings is 3. The lowest BCUT2D eigenvalue weighted by Gasteiger charge is -2.41. The van der Waals surface area contributed by atoms with Crippen molar-refractivity contribution in [1.29, 1.82) is 0 Å². The molecular weight excluding hydrogens is 674 g/mol. The first kappa shape index (κ1) is 38.9. The van der Waals surface area contributed by atoms with Gasteiger partial charge in [-0.15, -0.1) is 0 Å². The predicted octanol–water partition coefficient (Wildman–Crippen LogP) is 3.39. The molecule has 3 aromatic carbocycles. The van der Waals surface area contributed by atoms with Gasteiger partial charge in [0.15, 0.2) is 11.5 Å². The minimum absolute atomic E-state index is 0.0965. The first-order valence-electron chi connectivity index (χ1n) is 16.5. The molecule has 14 nitrogen and oxygen atoms in total. The molecule has 2 aliphatic heterocycles. The number of carboxylic acids is 1. The summed E-state index contributed by atoms with van der Waals surface area (Å²) in [5.74, 6) is -3.16. The number of fused-ring (bicyclic) bond motifs is 3. The van der Waals surface area contributed by atoms with Crippen LogP contribution < -0.4 is 15.2 Å². The minimum Gasteiger partial charge on any atom is -0.493 e. The highest BCUT2D eigenvalue weighted by atomic mass is 16.6. The van der Waals surface area contributed by atoms with E-state index in [1.807, 2.05) is 12.1 Å². The first-order valence-corrected chi connectivity index (χ1v) is 16.5. The third-order valence-electron chi connectivity index (χ3n) is 8.49. The number of likely N-dealkylation sites (N-methyl/N-ethyl adjacent to an activating group) is 1. The van der Waals surface area contributed by atoms with Crippen molar-refractivity contribution < 1.29 is 52.8 Å². The Kier molecular flexibility index (Phi) is 13.4. The number of hydrogen-bond donors (Lipinski definition) is 2. The molecule has 1 amide bonds. The Morgan fingerprint density at radius 3 is 1.88 bits per heavy atom. The highest BCUT2D eigenvalue weighted by Gasteiger charge is 2.42. The Bertz CT molecular complexity index is 1790. The Hall–Kier alpha value is -5.89. The second kappa shape index (κ2) is 17.9. The van der Waals surface area contributed by atoms with Crippen LogP contribution in [0, 0.1) is 0 Å². The van der Waals surface area contributed by atoms with E-state index >= 15 is 0 Å². The molecule has 2 aliphatic rings. The van der Waals surface area contributed by atoms with Crippen molar-refractivity contribution >= 4 is 29.8 Å². The molecule has 14 heteroatoms. The summed E-state index contributed by atoms with van der Waals surface area (Å²) in [4.78, 5) is 64.2. The highest BCUT2D eigenvalue weighted by molar-refractivity contribution is 5.96. The van der Waals surface area contributed by atoms with Gasteiger partial charge in [0.2, 0.25) is 12.2 Å². The fraction of sp³-hybridized carbons (Fsp3) is 0.342. The summed E-state index contributed by atoms with van der Waals surface area (Å²) >= 11 is 0. The van der Waals surface area contributed by atoms with Crippen molar-refractivity contribution in [2.24, 2.45) is 5.73 Å². The highest BCUT2D eigenvalue weighted by Crippen LogP contribution is 2.42. The van der Waals surface area contributed by atoms with Gasteiger partial charge < -0.3 is 39.4 Å². The van der Waals surface area contributed by atoms with Crippen LogP contribution in [0.1, 0.15) is 51.2 Å². The SMILES string of the molecule is CCOC(=O)C1=C(N)C[C@H]2c3cc(OC)c(OC)cc3CCN2C1.CN(C)C(=O)[C@@H](OC(=O)c1ccccc1)[C@H](OC(=O)c1ccccc1)C(=O)O. The minimum atomic E-state index is -2.02. The summed E-state index contributed by atoms with van der Waals surface area (Å²) in [6, 6.07) is 19.7. The van der Waals surface area contributed by atoms with Gasteiger partial charge in [-0.3, -0.25) is 9.69 Å². The van der Waals surface area contributed by atoms with Crippen molar-refractivity contribution in [3.63, 3.8) is 0 Å². The lowest BCUT2D eigenvalue weighted by Crippen LogP contribution is -2.49. The summed E-state index contributed by atoms with van der Waals surface area (Å²) in [7, 11) is 6.01. The van der Waals surface area contributed by atoms with Gasteiger partial charge in [-0.25, -0.2) is 19.2 Å². The number of rotatable bonds is 11. The van der Waals surface area contributed by atoms with E-state index in [4.69, 9.17) is 29.4 Å². The number of carbonyl (C=O) groups excluding carboxylic acids is 4. The van der Waals surface area contributed by atoms with E-state index in [1.54, 1.807) is 57.5 Å². The van der Waals surface area contributed by atoms with Crippen LogP contribution >= 0.6 is 0 Å². The van der Waals surface area contributed by atoms with E-state index in [0.717, 1.165) is 29.4 Å². The van der Waals surface area contributed by atoms with Gasteiger partial charge in [0, 0.05) is 45.3 Å². The molecule has 0 bridgehead atoms. The number of nitrogens with two attached hydrogens (primary N) is 1. The topological polar surface area (TPSA) is 184 Å². The van der Waals surface area contributed by atoms with Gasteiger partial charge >= 0.3 is 23.9 Å². The molecule has 0 aromatic heterocycles. The zero-order valence-electron chi connectivity index (χ0n) is 29.7. The molecule has 3 atom stereocenters. The van der Waals surface area contributed by atoms with Crippen LogP contribution in [-0.4, -0.2) is 105 Å². The second-order valence-electron chi connectivity index (χ2n) is 12.0. The fourth-order valence-electron chi connectivity index (χ4n) is 5.81. The van der Waals surface area contributed by atoms with Crippen LogP contribution in [0.25, 0.3) is 0 Å². The molecule has 0 radical (unpaired) electrons. The van der Waals surface area contributed by atoms with Crippen molar-refractivity contribution in [3.8, 4) is 11.5 Å². The lowest BCUT2D eigenvalue weighted by atomic mass is 9.86. The number of aliphatic carboxylic acids is 1. The maximum absolute atomic E-state index is 12.5. The normalized spacial score (nSPS) is 16.0. The molecule has 0 fully saturated rings. The number of methoxy groups -OCH3 is 2. The molecule has 5 rings (SSSR count). The van der Waals surface area contributed by atoms with E-state index in [0.29, 0.717) is 30.8 Å². The molecule has 3 N–H and O–H groups in total. The van der Waals surface area contributed by atoms with Crippen LogP contribution in [0.2, 0.25) is 0 Å². The van der Waals surface area contributed by atoms with Crippen LogP contribution in [0.5, 0.6) is 11.5 Å². The third-order valence-corrected chi connectivity index (χ3v) is 8.49. The van der Waals surface area contributed by atoms with Crippen LogP contribution in [0.15, 0.2) is 84.1 Å². The summed E-state index contributed by atoms with van der Waals surface area (Å²) in [5, 5.41) is 9.51. The monoisotopic (exact) mass is 717 g/mol. The molecule has 2 heterocycles. The molecule has 0 aliphatic carbocycles. The number of nitrogens with zero attached hydrogens (tertiary/aromatic N) is 2. The molecule has 276 valence electrons. The molecule has 0 spiro atoms. The number of ether oxygens (including phenoxy) is 5. The Morgan fingerprint density at radius 1 is 0.846 bits per heavy atom. The largest absolute Gasteiger partial charge is 0.493 e. The molecule has 0 saturated heterocycles. The van der Waals surface area contributed by atoms with E-state index in [2.05, 4.69) is 4.90 Å². The molecule has 52 heavy (non-hydrogen) atoms. The van der Waals surface area contributed by atoms with Gasteiger partial charge in [-0.05, 0) is 60.9 Å². The number of hydrogen-bond acceptors (Lipinski definition) is 12. The Morgan fingerprint density at radius 2 is 1.38 bits per heavy atom. The third kappa shape index (κ3) is 9.26. The Balaban J connectivity index is 0.000000235. The van der Waals surface area contributed by atoms with Crippen LogP contribution in [0.3, 0.4) is 0 Å². The molecule has 0 saturated carbocycles. The number of carbonyl (C=O) groups is 5. The maximum Gasteiger partial charge on any atom is 0.349 e. The van der Waals surface area contributed by atoms with Crippen molar-refractivity contribution in [3.05, 3.63) is 106 Å². The summed E-state index contributed by atoms with van der Waals surface area (Å²) < 4.78 is 26.1. The van der Waals surface area contributed by atoms with Gasteiger partial charge in [0.05, 0.1) is 37.5 Å². The van der Waals surface area contributed by atoms with Crippen LogP contribution in [-0.2, 0) is 35.0 Å².